The smallest absolute Gasteiger partial charge is 1.00 e. The summed E-state index contributed by atoms with van der Waals surface area (Å²) < 4.78 is 0. The second-order valence-corrected chi connectivity index (χ2v) is 31.8. The molecule has 0 radical (unpaired) electrons. The topological polar surface area (TPSA) is 0 Å². The monoisotopic (exact) mass is 720 g/mol. The molecule has 0 bridgehead atoms. The third-order valence-electron chi connectivity index (χ3n) is 5.36. The summed E-state index contributed by atoms with van der Waals surface area (Å²) >= 11 is 1.52. The van der Waals surface area contributed by atoms with E-state index in [2.05, 4.69) is 126 Å². The van der Waals surface area contributed by atoms with Crippen LogP contribution in [0.4, 0.5) is 0 Å². The van der Waals surface area contributed by atoms with E-state index in [1.165, 1.54) is 76.9 Å². The van der Waals surface area contributed by atoms with Gasteiger partial charge in [0.15, 0.2) is 0 Å². The summed E-state index contributed by atoms with van der Waals surface area (Å²) in [5.41, 5.74) is 13.6. The van der Waals surface area contributed by atoms with Crippen molar-refractivity contribution in [3.05, 3.63) is 106 Å². The van der Waals surface area contributed by atoms with Gasteiger partial charge in [-0.05, 0) is 13.8 Å². The number of hydrogen-bond donors (Lipinski definition) is 0. The molecule has 0 aliphatic heterocycles. The van der Waals surface area contributed by atoms with Crippen LogP contribution in [-0.2, 0) is 21.3 Å². The van der Waals surface area contributed by atoms with Gasteiger partial charge in [-0.1, -0.05) is 74.2 Å². The van der Waals surface area contributed by atoms with Gasteiger partial charge in [-0.3, -0.25) is 0 Å². The summed E-state index contributed by atoms with van der Waals surface area (Å²) in [6.07, 6.45) is 0. The Bertz CT molecular complexity index is 1050. The maximum absolute atomic E-state index is 2.40. The van der Waals surface area contributed by atoms with Crippen LogP contribution in [0.25, 0.3) is 22.3 Å². The Balaban J connectivity index is 0.000000528. The first-order valence-corrected chi connectivity index (χ1v) is 25.8. The standard InChI is InChI=1S/2C14H15.C2H6Ge.2ClH.Hf/c2*1-10-5-4-6-13(9-10)14-11(2)7-8-12(14)3;1-3-2;;;/h2*4-9H,1-3H3;1-2H3;2*1H;/q2*-1;;;;+2/p-2. The summed E-state index contributed by atoms with van der Waals surface area (Å²) in [6, 6.07) is 26.1. The summed E-state index contributed by atoms with van der Waals surface area (Å²) in [5, 5.41) is 0. The first kappa shape index (κ1) is 33.1. The summed E-state index contributed by atoms with van der Waals surface area (Å²) in [4.78, 5) is 0. The molecule has 4 rings (SSSR count). The van der Waals surface area contributed by atoms with Crippen LogP contribution in [-0.4, -0.2) is 10.1 Å². The zero-order valence-corrected chi connectivity index (χ0v) is 28.9. The van der Waals surface area contributed by atoms with E-state index >= 15 is 0 Å². The van der Waals surface area contributed by atoms with Crippen molar-refractivity contribution < 1.29 is 46.1 Å². The molecule has 0 nitrogen and oxygen atoms in total. The molecule has 0 atom stereocenters. The molecule has 0 fully saturated rings. The molecule has 0 aliphatic carbocycles. The summed E-state index contributed by atoms with van der Waals surface area (Å²) in [5.74, 6) is 4.79. The molecule has 0 aliphatic rings. The fourth-order valence-electron chi connectivity index (χ4n) is 3.97. The second-order valence-electron chi connectivity index (χ2n) is 8.89. The first-order valence-electron chi connectivity index (χ1n) is 11.2. The third-order valence-corrected chi connectivity index (χ3v) is 5.36. The number of hydrogen-bond acceptors (Lipinski definition) is 0. The van der Waals surface area contributed by atoms with Gasteiger partial charge in [-0.2, -0.15) is 0 Å². The van der Waals surface area contributed by atoms with E-state index in [9.17, 15) is 0 Å². The minimum Gasteiger partial charge on any atom is -1.00 e. The molecule has 0 spiro atoms. The normalized spacial score (nSPS) is 9.47. The van der Waals surface area contributed by atoms with Crippen molar-refractivity contribution in [3.63, 3.8) is 0 Å². The quantitative estimate of drug-likeness (QED) is 0.221. The molecule has 4 aromatic rings. The predicted molar refractivity (Wildman–Crippen MR) is 141 cm³/mol. The Labute approximate surface area is 235 Å². The van der Waals surface area contributed by atoms with Gasteiger partial charge in [-0.15, -0.1) is 81.9 Å². The fourth-order valence-corrected chi connectivity index (χ4v) is 3.97. The predicted octanol–water partition coefficient (Wildman–Crippen LogP) is 2.79. The van der Waals surface area contributed by atoms with Crippen LogP contribution >= 0.6 is 0 Å². The molecule has 180 valence electrons. The Hall–Kier alpha value is -0.867. The van der Waals surface area contributed by atoms with Crippen LogP contribution in [0.2, 0.25) is 11.5 Å². The zero-order valence-electron chi connectivity index (χ0n) is 21.7. The van der Waals surface area contributed by atoms with E-state index in [0.717, 1.165) is 0 Å². The van der Waals surface area contributed by atoms with Crippen LogP contribution in [0.5, 0.6) is 0 Å². The van der Waals surface area contributed by atoms with Crippen molar-refractivity contribution in [2.45, 2.75) is 53.1 Å². The number of benzene rings is 2. The van der Waals surface area contributed by atoms with Crippen molar-refractivity contribution in [2.24, 2.45) is 0 Å². The molecule has 0 N–H and O–H groups in total. The molecule has 0 amide bonds. The first-order chi connectivity index (χ1) is 15.1. The van der Waals surface area contributed by atoms with Gasteiger partial charge in [0.1, 0.15) is 0 Å². The Morgan fingerprint density at radius 3 is 1.03 bits per heavy atom. The van der Waals surface area contributed by atoms with Crippen molar-refractivity contribution in [2.75, 3.05) is 0 Å². The van der Waals surface area contributed by atoms with Crippen molar-refractivity contribution in [1.82, 2.24) is 0 Å². The molecule has 0 aromatic heterocycles. The van der Waals surface area contributed by atoms with Gasteiger partial charge < -0.3 is 24.8 Å². The molecule has 0 saturated carbocycles. The van der Waals surface area contributed by atoms with Crippen LogP contribution in [0.15, 0.2) is 72.8 Å². The number of rotatable bonds is 2. The van der Waals surface area contributed by atoms with Gasteiger partial charge in [-0.25, -0.2) is 0 Å². The molecule has 0 heterocycles. The summed E-state index contributed by atoms with van der Waals surface area (Å²) in [7, 11) is -0.194. The number of halogens is 2. The van der Waals surface area contributed by atoms with E-state index in [0.29, 0.717) is 0 Å². The summed E-state index contributed by atoms with van der Waals surface area (Å²) in [6.45, 7) is 13.0. The Morgan fingerprint density at radius 1 is 0.529 bits per heavy atom. The van der Waals surface area contributed by atoms with Crippen LogP contribution in [0.3, 0.4) is 0 Å². The number of aryl methyl sites for hydroxylation is 6. The maximum Gasteiger partial charge on any atom is -1.00 e. The fraction of sp³-hybridized carbons (Fsp3) is 0.267. The van der Waals surface area contributed by atoms with Gasteiger partial charge in [0.25, 0.3) is 0 Å². The van der Waals surface area contributed by atoms with Crippen molar-refractivity contribution in [1.29, 1.82) is 0 Å². The minimum atomic E-state index is -0.194. The van der Waals surface area contributed by atoms with Gasteiger partial charge in [0.2, 0.25) is 0 Å². The van der Waals surface area contributed by atoms with E-state index in [1.807, 2.05) is 0 Å². The third kappa shape index (κ3) is 10.0. The van der Waals surface area contributed by atoms with Gasteiger partial charge in [0.05, 0.1) is 0 Å². The molecule has 4 heteroatoms. The molecular formula is C30H36Cl2GeHf-2. The molecule has 0 unspecified atom stereocenters. The Kier molecular flexibility index (Phi) is 15.6. The van der Waals surface area contributed by atoms with Crippen LogP contribution < -0.4 is 24.8 Å². The zero-order chi connectivity index (χ0) is 23.8. The largest absolute Gasteiger partial charge is 1.00 e. The molecule has 4 aromatic carbocycles. The van der Waals surface area contributed by atoms with E-state index in [4.69, 9.17) is 0 Å². The van der Waals surface area contributed by atoms with Crippen molar-refractivity contribution >= 4 is 10.1 Å². The second kappa shape index (κ2) is 16.0. The van der Waals surface area contributed by atoms with Gasteiger partial charge >= 0.3 is 42.8 Å². The van der Waals surface area contributed by atoms with Crippen LogP contribution in [0.1, 0.15) is 33.4 Å². The maximum atomic E-state index is 2.40. The SMILES string of the molecule is Cc1cccc(-[c-]2c(C)ccc2C)c1.Cc1cccc(-[c-]2c(C)ccc2C)c1.[CH3][Ge]([CH3])=[Hf+2].[Cl-].[Cl-]. The van der Waals surface area contributed by atoms with E-state index < -0.39 is 0 Å². The van der Waals surface area contributed by atoms with E-state index in [-0.39, 0.29) is 34.9 Å². The molecule has 34 heavy (non-hydrogen) atoms. The van der Waals surface area contributed by atoms with Crippen LogP contribution in [0, 0.1) is 41.5 Å². The molecular weight excluding hydrogens is 682 g/mol. The Morgan fingerprint density at radius 2 is 0.794 bits per heavy atom. The minimum absolute atomic E-state index is 0. The van der Waals surface area contributed by atoms with E-state index in [1.54, 1.807) is 0 Å². The average molecular weight is 719 g/mol. The average Bonchev–Trinajstić information content (AvgIpc) is 3.22. The van der Waals surface area contributed by atoms with Gasteiger partial charge in [0, 0.05) is 0 Å². The molecule has 0 saturated heterocycles. The van der Waals surface area contributed by atoms with Crippen molar-refractivity contribution in [3.8, 4) is 22.3 Å².